The van der Waals surface area contributed by atoms with Crippen molar-refractivity contribution < 1.29 is 8.42 Å². The molecule has 0 aliphatic heterocycles. The van der Waals surface area contributed by atoms with Gasteiger partial charge < -0.3 is 5.73 Å². The molecule has 7 heteroatoms. The molecule has 15 heavy (non-hydrogen) atoms. The minimum Gasteiger partial charge on any atom is -0.330 e. The van der Waals surface area contributed by atoms with Crippen LogP contribution in [0.3, 0.4) is 0 Å². The van der Waals surface area contributed by atoms with Gasteiger partial charge in [-0.25, -0.2) is 13.4 Å². The first-order valence-corrected chi connectivity index (χ1v) is 6.25. The Bertz CT molecular complexity index is 518. The molecule has 0 unspecified atom stereocenters. The first kappa shape index (κ1) is 11.9. The van der Waals surface area contributed by atoms with Crippen molar-refractivity contribution in [1.82, 2.24) is 9.97 Å². The van der Waals surface area contributed by atoms with E-state index in [1.807, 2.05) is 0 Å². The molecule has 6 nitrogen and oxygen atoms in total. The Kier molecular flexibility index (Phi) is 3.25. The van der Waals surface area contributed by atoms with Gasteiger partial charge in [0.2, 0.25) is 15.0 Å². The van der Waals surface area contributed by atoms with Crippen molar-refractivity contribution in [2.45, 2.75) is 18.5 Å². The Morgan fingerprint density at radius 1 is 1.47 bits per heavy atom. The fourth-order valence-corrected chi connectivity index (χ4v) is 1.78. The maximum absolute atomic E-state index is 11.5. The SMILES string of the molecule is Cc1nc(S(C)(=O)=O)[nH]c(=O)c1CCN. The highest BCUT2D eigenvalue weighted by atomic mass is 32.2. The molecule has 0 aliphatic rings. The summed E-state index contributed by atoms with van der Waals surface area (Å²) in [5.74, 6) is 0. The van der Waals surface area contributed by atoms with Gasteiger partial charge in [0.25, 0.3) is 5.56 Å². The second-order valence-corrected chi connectivity index (χ2v) is 5.18. The van der Waals surface area contributed by atoms with Crippen molar-refractivity contribution >= 4 is 9.84 Å². The molecule has 0 atom stereocenters. The number of sulfone groups is 1. The van der Waals surface area contributed by atoms with Crippen LogP contribution in [0.5, 0.6) is 0 Å². The van der Waals surface area contributed by atoms with Crippen LogP contribution in [0.15, 0.2) is 9.95 Å². The van der Waals surface area contributed by atoms with E-state index in [2.05, 4.69) is 9.97 Å². The lowest BCUT2D eigenvalue weighted by Crippen LogP contribution is -2.22. The minimum absolute atomic E-state index is 0.300. The molecule has 0 fully saturated rings. The number of H-pyrrole nitrogens is 1. The molecule has 0 aromatic carbocycles. The fraction of sp³-hybridized carbons (Fsp3) is 0.500. The third-order valence-corrected chi connectivity index (χ3v) is 2.84. The smallest absolute Gasteiger partial charge is 0.255 e. The lowest BCUT2D eigenvalue weighted by Gasteiger charge is -2.04. The molecule has 1 aromatic rings. The van der Waals surface area contributed by atoms with Crippen LogP contribution in [0.2, 0.25) is 0 Å². The number of aromatic amines is 1. The number of aromatic nitrogens is 2. The third-order valence-electron chi connectivity index (χ3n) is 1.95. The Labute approximate surface area is 87.5 Å². The average molecular weight is 231 g/mol. The summed E-state index contributed by atoms with van der Waals surface area (Å²) in [6.45, 7) is 1.92. The molecular formula is C8H13N3O3S. The third kappa shape index (κ3) is 2.63. The highest BCUT2D eigenvalue weighted by Crippen LogP contribution is 2.03. The zero-order chi connectivity index (χ0) is 11.6. The maximum atomic E-state index is 11.5. The monoisotopic (exact) mass is 231 g/mol. The quantitative estimate of drug-likeness (QED) is 0.648. The van der Waals surface area contributed by atoms with Crippen LogP contribution in [0, 0.1) is 6.92 Å². The summed E-state index contributed by atoms with van der Waals surface area (Å²) in [5, 5.41) is -0.300. The number of nitrogens with one attached hydrogen (secondary N) is 1. The van der Waals surface area contributed by atoms with E-state index in [1.165, 1.54) is 0 Å². The number of hydrogen-bond donors (Lipinski definition) is 2. The van der Waals surface area contributed by atoms with E-state index in [1.54, 1.807) is 6.92 Å². The van der Waals surface area contributed by atoms with Gasteiger partial charge >= 0.3 is 0 Å². The van der Waals surface area contributed by atoms with E-state index in [0.717, 1.165) is 6.26 Å². The predicted octanol–water partition coefficient (Wildman–Crippen LogP) is -1.02. The van der Waals surface area contributed by atoms with E-state index < -0.39 is 15.4 Å². The van der Waals surface area contributed by atoms with E-state index in [4.69, 9.17) is 5.73 Å². The number of nitrogens with zero attached hydrogens (tertiary/aromatic N) is 1. The van der Waals surface area contributed by atoms with Crippen LogP contribution in [-0.2, 0) is 16.3 Å². The Morgan fingerprint density at radius 3 is 2.47 bits per heavy atom. The zero-order valence-electron chi connectivity index (χ0n) is 8.57. The molecule has 0 spiro atoms. The minimum atomic E-state index is -3.48. The topological polar surface area (TPSA) is 106 Å². The Balaban J connectivity index is 3.39. The van der Waals surface area contributed by atoms with Crippen LogP contribution in [-0.4, -0.2) is 31.2 Å². The van der Waals surface area contributed by atoms with Crippen LogP contribution >= 0.6 is 0 Å². The molecule has 1 rings (SSSR count). The summed E-state index contributed by atoms with van der Waals surface area (Å²) in [6, 6.07) is 0. The number of rotatable bonds is 3. The highest BCUT2D eigenvalue weighted by Gasteiger charge is 2.14. The van der Waals surface area contributed by atoms with Gasteiger partial charge in [0, 0.05) is 17.5 Å². The van der Waals surface area contributed by atoms with Crippen molar-refractivity contribution in [1.29, 1.82) is 0 Å². The summed E-state index contributed by atoms with van der Waals surface area (Å²) in [7, 11) is -3.48. The Morgan fingerprint density at radius 2 is 2.07 bits per heavy atom. The summed E-state index contributed by atoms with van der Waals surface area (Å²) >= 11 is 0. The van der Waals surface area contributed by atoms with Gasteiger partial charge in [0.15, 0.2) is 0 Å². The van der Waals surface area contributed by atoms with Gasteiger partial charge in [-0.2, -0.15) is 0 Å². The van der Waals surface area contributed by atoms with E-state index in [0.29, 0.717) is 24.2 Å². The Hall–Kier alpha value is -1.21. The molecule has 0 bridgehead atoms. The first-order chi connectivity index (χ1) is 6.86. The van der Waals surface area contributed by atoms with Crippen LogP contribution in [0.25, 0.3) is 0 Å². The lowest BCUT2D eigenvalue weighted by atomic mass is 10.2. The highest BCUT2D eigenvalue weighted by molar-refractivity contribution is 7.90. The van der Waals surface area contributed by atoms with Crippen LogP contribution in [0.1, 0.15) is 11.3 Å². The van der Waals surface area contributed by atoms with Crippen LogP contribution in [0.4, 0.5) is 0 Å². The molecule has 0 saturated carbocycles. The van der Waals surface area contributed by atoms with E-state index in [-0.39, 0.29) is 5.16 Å². The molecule has 0 aliphatic carbocycles. The van der Waals surface area contributed by atoms with Gasteiger partial charge in [-0.15, -0.1) is 0 Å². The van der Waals surface area contributed by atoms with Crippen molar-refractivity contribution in [3.8, 4) is 0 Å². The summed E-state index contributed by atoms with van der Waals surface area (Å²) in [4.78, 5) is 17.5. The van der Waals surface area contributed by atoms with Gasteiger partial charge in [0.1, 0.15) is 0 Å². The van der Waals surface area contributed by atoms with Gasteiger partial charge in [-0.1, -0.05) is 0 Å². The largest absolute Gasteiger partial charge is 0.330 e. The fourth-order valence-electron chi connectivity index (χ4n) is 1.20. The summed E-state index contributed by atoms with van der Waals surface area (Å²) < 4.78 is 22.3. The number of aryl methyl sites for hydroxylation is 1. The van der Waals surface area contributed by atoms with Crippen molar-refractivity contribution in [3.63, 3.8) is 0 Å². The summed E-state index contributed by atoms with van der Waals surface area (Å²) in [5.41, 5.74) is 5.73. The summed E-state index contributed by atoms with van der Waals surface area (Å²) in [6.07, 6.45) is 1.38. The lowest BCUT2D eigenvalue weighted by molar-refractivity contribution is 0.590. The molecule has 0 amide bonds. The van der Waals surface area contributed by atoms with Crippen molar-refractivity contribution in [2.24, 2.45) is 5.73 Å². The number of hydrogen-bond acceptors (Lipinski definition) is 5. The molecular weight excluding hydrogens is 218 g/mol. The maximum Gasteiger partial charge on any atom is 0.255 e. The average Bonchev–Trinajstić information content (AvgIpc) is 2.09. The molecule has 1 aromatic heterocycles. The van der Waals surface area contributed by atoms with E-state index in [9.17, 15) is 13.2 Å². The van der Waals surface area contributed by atoms with Gasteiger partial charge in [0.05, 0.1) is 0 Å². The molecule has 3 N–H and O–H groups in total. The second-order valence-electron chi connectivity index (χ2n) is 3.25. The first-order valence-electron chi connectivity index (χ1n) is 4.36. The predicted molar refractivity (Wildman–Crippen MR) is 55.5 cm³/mol. The standard InChI is InChI=1S/C8H13N3O3S/c1-5-6(3-4-9)7(12)11-8(10-5)15(2,13)14/h3-4,9H2,1-2H3,(H,10,11,12). The molecule has 0 radical (unpaired) electrons. The zero-order valence-corrected chi connectivity index (χ0v) is 9.39. The second kappa shape index (κ2) is 4.11. The van der Waals surface area contributed by atoms with Gasteiger partial charge in [-0.05, 0) is 19.9 Å². The van der Waals surface area contributed by atoms with Crippen molar-refractivity contribution in [3.05, 3.63) is 21.6 Å². The van der Waals surface area contributed by atoms with Crippen LogP contribution < -0.4 is 11.3 Å². The normalized spacial score (nSPS) is 11.7. The molecule has 0 saturated heterocycles. The molecule has 1 heterocycles. The number of nitrogens with two attached hydrogens (primary N) is 1. The molecule has 84 valence electrons. The van der Waals surface area contributed by atoms with Gasteiger partial charge in [-0.3, -0.25) is 9.78 Å². The van der Waals surface area contributed by atoms with E-state index >= 15 is 0 Å². The van der Waals surface area contributed by atoms with Crippen molar-refractivity contribution in [2.75, 3.05) is 12.8 Å².